The highest BCUT2D eigenvalue weighted by Crippen LogP contribution is 2.16. The van der Waals surface area contributed by atoms with Crippen LogP contribution in [0.25, 0.3) is 0 Å². The second kappa shape index (κ2) is 8.69. The predicted molar refractivity (Wildman–Crippen MR) is 106 cm³/mol. The first-order valence-corrected chi connectivity index (χ1v) is 9.21. The third-order valence-corrected chi connectivity index (χ3v) is 4.64. The van der Waals surface area contributed by atoms with Gasteiger partial charge in [0, 0.05) is 17.8 Å². The monoisotopic (exact) mass is 381 g/mol. The van der Waals surface area contributed by atoms with Crippen molar-refractivity contribution >= 4 is 5.91 Å². The number of halogens is 1. The fourth-order valence-electron chi connectivity index (χ4n) is 2.99. The minimum Gasteiger partial charge on any atom is -0.481 e. The Morgan fingerprint density at radius 1 is 1.14 bits per heavy atom. The lowest BCUT2D eigenvalue weighted by molar-refractivity contribution is -0.127. The number of hydrogen-bond acceptors (Lipinski definition) is 3. The molecule has 2 aromatic carbocycles. The number of nitrogens with zero attached hydrogens (tertiary/aromatic N) is 2. The molecule has 0 aliphatic rings. The molecule has 1 atom stereocenters. The van der Waals surface area contributed by atoms with E-state index in [1.807, 2.05) is 36.7 Å². The summed E-state index contributed by atoms with van der Waals surface area (Å²) < 4.78 is 20.5. The fourth-order valence-corrected chi connectivity index (χ4v) is 2.99. The first kappa shape index (κ1) is 19.6. The number of aromatic nitrogens is 2. The normalized spacial score (nSPS) is 11.9. The second-order valence-corrected chi connectivity index (χ2v) is 6.72. The minimum atomic E-state index is -0.689. The SMILES string of the molecule is Cc1nn(Cc2ccccc2)c(C)c1CNC(=O)[C@@H](C)Oc1ccc(F)cc1. The van der Waals surface area contributed by atoms with Crippen LogP contribution < -0.4 is 10.1 Å². The number of hydrogen-bond donors (Lipinski definition) is 1. The van der Waals surface area contributed by atoms with E-state index in [0.717, 1.165) is 17.0 Å². The van der Waals surface area contributed by atoms with Crippen molar-refractivity contribution in [1.82, 2.24) is 15.1 Å². The molecule has 0 fully saturated rings. The van der Waals surface area contributed by atoms with Gasteiger partial charge in [0.1, 0.15) is 11.6 Å². The van der Waals surface area contributed by atoms with Crippen molar-refractivity contribution in [2.24, 2.45) is 0 Å². The van der Waals surface area contributed by atoms with E-state index in [9.17, 15) is 9.18 Å². The molecule has 3 rings (SSSR count). The van der Waals surface area contributed by atoms with Crippen LogP contribution >= 0.6 is 0 Å². The zero-order valence-corrected chi connectivity index (χ0v) is 16.3. The largest absolute Gasteiger partial charge is 0.481 e. The van der Waals surface area contributed by atoms with Crippen molar-refractivity contribution in [2.75, 3.05) is 0 Å². The Labute approximate surface area is 164 Å². The van der Waals surface area contributed by atoms with Crippen molar-refractivity contribution in [1.29, 1.82) is 0 Å². The molecule has 1 amide bonds. The van der Waals surface area contributed by atoms with Gasteiger partial charge < -0.3 is 10.1 Å². The quantitative estimate of drug-likeness (QED) is 0.678. The minimum absolute atomic E-state index is 0.237. The number of ether oxygens (including phenoxy) is 1. The van der Waals surface area contributed by atoms with E-state index in [0.29, 0.717) is 18.8 Å². The molecule has 146 valence electrons. The van der Waals surface area contributed by atoms with Crippen LogP contribution in [-0.4, -0.2) is 21.8 Å². The fraction of sp³-hybridized carbons (Fsp3) is 0.273. The average molecular weight is 381 g/mol. The van der Waals surface area contributed by atoms with E-state index in [2.05, 4.69) is 22.5 Å². The van der Waals surface area contributed by atoms with E-state index in [1.165, 1.54) is 29.8 Å². The van der Waals surface area contributed by atoms with Crippen molar-refractivity contribution in [2.45, 2.75) is 40.0 Å². The summed E-state index contributed by atoms with van der Waals surface area (Å²) in [6.45, 7) is 6.67. The molecule has 1 N–H and O–H groups in total. The molecule has 6 heteroatoms. The lowest BCUT2D eigenvalue weighted by atomic mass is 10.2. The molecule has 0 spiro atoms. The highest BCUT2D eigenvalue weighted by Gasteiger charge is 2.17. The standard InChI is InChI=1S/C22H24FN3O2/c1-15-21(16(2)26(25-15)14-18-7-5-4-6-8-18)13-24-22(27)17(3)28-20-11-9-19(23)10-12-20/h4-12,17H,13-14H2,1-3H3,(H,24,27)/t17-/m1/s1. The average Bonchev–Trinajstić information content (AvgIpc) is 2.95. The van der Waals surface area contributed by atoms with E-state index in [4.69, 9.17) is 4.74 Å². The highest BCUT2D eigenvalue weighted by atomic mass is 19.1. The summed E-state index contributed by atoms with van der Waals surface area (Å²) in [4.78, 5) is 12.4. The summed E-state index contributed by atoms with van der Waals surface area (Å²) in [6.07, 6.45) is -0.689. The van der Waals surface area contributed by atoms with Crippen molar-refractivity contribution in [3.8, 4) is 5.75 Å². The number of carbonyl (C=O) groups excluding carboxylic acids is 1. The maximum atomic E-state index is 13.0. The number of benzene rings is 2. The van der Waals surface area contributed by atoms with Crippen molar-refractivity contribution in [3.05, 3.63) is 82.9 Å². The van der Waals surface area contributed by atoms with Crippen LogP contribution in [0.4, 0.5) is 4.39 Å². The number of aryl methyl sites for hydroxylation is 1. The summed E-state index contributed by atoms with van der Waals surface area (Å²) in [5.74, 6) is -0.131. The third-order valence-electron chi connectivity index (χ3n) is 4.64. The molecule has 1 heterocycles. The number of amides is 1. The molecule has 3 aromatic rings. The van der Waals surface area contributed by atoms with Gasteiger partial charge in [0.2, 0.25) is 0 Å². The molecule has 5 nitrogen and oxygen atoms in total. The molecule has 0 aliphatic carbocycles. The van der Waals surface area contributed by atoms with Gasteiger partial charge in [0.25, 0.3) is 5.91 Å². The Kier molecular flexibility index (Phi) is 6.09. The second-order valence-electron chi connectivity index (χ2n) is 6.72. The summed E-state index contributed by atoms with van der Waals surface area (Å²) in [6, 6.07) is 15.7. The van der Waals surface area contributed by atoms with E-state index < -0.39 is 6.10 Å². The first-order chi connectivity index (χ1) is 13.4. The van der Waals surface area contributed by atoms with Gasteiger partial charge in [0.05, 0.1) is 12.2 Å². The molecular weight excluding hydrogens is 357 g/mol. The Bertz CT molecular complexity index is 936. The third kappa shape index (κ3) is 4.76. The van der Waals surface area contributed by atoms with Crippen LogP contribution in [0.2, 0.25) is 0 Å². The Hall–Kier alpha value is -3.15. The van der Waals surface area contributed by atoms with Crippen LogP contribution in [0.5, 0.6) is 5.75 Å². The molecule has 0 unspecified atom stereocenters. The highest BCUT2D eigenvalue weighted by molar-refractivity contribution is 5.80. The van der Waals surface area contributed by atoms with Gasteiger partial charge >= 0.3 is 0 Å². The summed E-state index contributed by atoms with van der Waals surface area (Å²) in [5.41, 5.74) is 4.08. The molecular formula is C22H24FN3O2. The zero-order valence-electron chi connectivity index (χ0n) is 16.3. The molecule has 1 aromatic heterocycles. The maximum Gasteiger partial charge on any atom is 0.261 e. The Morgan fingerprint density at radius 3 is 2.50 bits per heavy atom. The zero-order chi connectivity index (χ0) is 20.1. The number of rotatable bonds is 7. The summed E-state index contributed by atoms with van der Waals surface area (Å²) >= 11 is 0. The van der Waals surface area contributed by atoms with Crippen LogP contribution in [0, 0.1) is 19.7 Å². The van der Waals surface area contributed by atoms with E-state index >= 15 is 0 Å². The topological polar surface area (TPSA) is 56.2 Å². The smallest absolute Gasteiger partial charge is 0.261 e. The van der Waals surface area contributed by atoms with Crippen molar-refractivity contribution < 1.29 is 13.9 Å². The van der Waals surface area contributed by atoms with Crippen LogP contribution in [-0.2, 0) is 17.9 Å². The van der Waals surface area contributed by atoms with Crippen LogP contribution in [0.3, 0.4) is 0 Å². The molecule has 0 aliphatic heterocycles. The first-order valence-electron chi connectivity index (χ1n) is 9.21. The molecule has 0 saturated carbocycles. The summed E-state index contributed by atoms with van der Waals surface area (Å²) in [7, 11) is 0. The summed E-state index contributed by atoms with van der Waals surface area (Å²) in [5, 5.41) is 7.50. The van der Waals surface area contributed by atoms with Gasteiger partial charge in [-0.3, -0.25) is 9.48 Å². The molecule has 0 radical (unpaired) electrons. The predicted octanol–water partition coefficient (Wildman–Crippen LogP) is 3.77. The number of carbonyl (C=O) groups is 1. The lowest BCUT2D eigenvalue weighted by Crippen LogP contribution is -2.36. The molecule has 28 heavy (non-hydrogen) atoms. The van der Waals surface area contributed by atoms with E-state index in [1.54, 1.807) is 6.92 Å². The Morgan fingerprint density at radius 2 is 1.82 bits per heavy atom. The van der Waals surface area contributed by atoms with Crippen LogP contribution in [0.1, 0.15) is 29.4 Å². The molecule has 0 saturated heterocycles. The van der Waals surface area contributed by atoms with Gasteiger partial charge in [-0.1, -0.05) is 30.3 Å². The maximum absolute atomic E-state index is 13.0. The molecule has 0 bridgehead atoms. The lowest BCUT2D eigenvalue weighted by Gasteiger charge is -2.15. The van der Waals surface area contributed by atoms with Gasteiger partial charge in [-0.25, -0.2) is 4.39 Å². The van der Waals surface area contributed by atoms with Gasteiger partial charge in [-0.05, 0) is 50.6 Å². The Balaban J connectivity index is 1.60. The van der Waals surface area contributed by atoms with Crippen molar-refractivity contribution in [3.63, 3.8) is 0 Å². The van der Waals surface area contributed by atoms with Gasteiger partial charge in [0.15, 0.2) is 6.10 Å². The van der Waals surface area contributed by atoms with E-state index in [-0.39, 0.29) is 11.7 Å². The van der Waals surface area contributed by atoms with Crippen LogP contribution in [0.15, 0.2) is 54.6 Å². The van der Waals surface area contributed by atoms with Gasteiger partial charge in [-0.15, -0.1) is 0 Å². The van der Waals surface area contributed by atoms with Gasteiger partial charge in [-0.2, -0.15) is 5.10 Å². The number of nitrogens with one attached hydrogen (secondary N) is 1.